The van der Waals surface area contributed by atoms with E-state index < -0.39 is 0 Å². The van der Waals surface area contributed by atoms with Gasteiger partial charge in [-0.3, -0.25) is 0 Å². The summed E-state index contributed by atoms with van der Waals surface area (Å²) in [4.78, 5) is 0. The molecule has 0 spiro atoms. The minimum atomic E-state index is 1.10. The summed E-state index contributed by atoms with van der Waals surface area (Å²) in [5.41, 5.74) is 5.72. The second kappa shape index (κ2) is 4.73. The molecule has 1 heteroatoms. The average molecular weight is 251 g/mol. The van der Waals surface area contributed by atoms with Crippen LogP contribution < -0.4 is 0 Å². The summed E-state index contributed by atoms with van der Waals surface area (Å²) in [6.07, 6.45) is 2.28. The number of hydrogen-bond acceptors (Lipinski definition) is 0. The molecule has 3 rings (SSSR count). The molecule has 0 unspecified atom stereocenters. The van der Waals surface area contributed by atoms with Gasteiger partial charge in [0.15, 0.2) is 0 Å². The summed E-state index contributed by atoms with van der Waals surface area (Å²) in [7, 11) is 0. The van der Waals surface area contributed by atoms with Gasteiger partial charge in [0.25, 0.3) is 0 Å². The number of rotatable bonds is 3. The molecule has 98 valence electrons. The third-order valence-corrected chi connectivity index (χ3v) is 4.13. The molecule has 0 saturated carbocycles. The van der Waals surface area contributed by atoms with E-state index >= 15 is 0 Å². The quantitative estimate of drug-likeness (QED) is 0.612. The van der Waals surface area contributed by atoms with E-state index in [0.29, 0.717) is 0 Å². The number of aryl methyl sites for hydroxylation is 3. The van der Waals surface area contributed by atoms with E-state index in [2.05, 4.69) is 61.7 Å². The summed E-state index contributed by atoms with van der Waals surface area (Å²) < 4.78 is 2.50. The van der Waals surface area contributed by atoms with E-state index in [4.69, 9.17) is 0 Å². The molecule has 0 aliphatic heterocycles. The molecule has 3 aromatic rings. The lowest BCUT2D eigenvalue weighted by atomic mass is 10.0. The molecule has 1 heterocycles. The van der Waals surface area contributed by atoms with Crippen LogP contribution in [0, 0.1) is 6.92 Å². The standard InChI is InChI=1S/C18H21N/c1-4-12-19-17-9-7-6-8-15(17)16-11-10-14(5-2)13(3)18(16)19/h6-11H,4-5,12H2,1-3H3. The van der Waals surface area contributed by atoms with Gasteiger partial charge in [-0.1, -0.05) is 44.2 Å². The summed E-state index contributed by atoms with van der Waals surface area (Å²) in [6.45, 7) is 7.85. The van der Waals surface area contributed by atoms with Crippen molar-refractivity contribution in [1.29, 1.82) is 0 Å². The molecular formula is C18H21N. The van der Waals surface area contributed by atoms with Crippen LogP contribution in [0.25, 0.3) is 21.8 Å². The van der Waals surface area contributed by atoms with Gasteiger partial charge >= 0.3 is 0 Å². The molecule has 0 aliphatic carbocycles. The Hall–Kier alpha value is -1.76. The first-order valence-corrected chi connectivity index (χ1v) is 7.27. The van der Waals surface area contributed by atoms with Crippen molar-refractivity contribution in [2.24, 2.45) is 0 Å². The summed E-state index contributed by atoms with van der Waals surface area (Å²) in [6, 6.07) is 13.4. The summed E-state index contributed by atoms with van der Waals surface area (Å²) >= 11 is 0. The number of para-hydroxylation sites is 1. The number of fused-ring (bicyclic) bond motifs is 3. The van der Waals surface area contributed by atoms with Gasteiger partial charge in [0, 0.05) is 22.8 Å². The van der Waals surface area contributed by atoms with E-state index in [1.165, 1.54) is 39.4 Å². The third kappa shape index (κ3) is 1.76. The first-order valence-electron chi connectivity index (χ1n) is 7.27. The van der Waals surface area contributed by atoms with Crippen molar-refractivity contribution in [2.75, 3.05) is 0 Å². The van der Waals surface area contributed by atoms with Gasteiger partial charge in [-0.25, -0.2) is 0 Å². The Balaban J connectivity index is 2.49. The van der Waals surface area contributed by atoms with Crippen molar-refractivity contribution in [3.05, 3.63) is 47.5 Å². The second-order valence-corrected chi connectivity index (χ2v) is 5.27. The van der Waals surface area contributed by atoms with E-state index in [1.807, 2.05) is 0 Å². The first kappa shape index (κ1) is 12.3. The SMILES string of the molecule is CCCn1c2ccccc2c2ccc(CC)c(C)c21. The van der Waals surface area contributed by atoms with Gasteiger partial charge in [-0.2, -0.15) is 0 Å². The molecule has 19 heavy (non-hydrogen) atoms. The van der Waals surface area contributed by atoms with Gasteiger partial charge in [0.1, 0.15) is 0 Å². The molecule has 1 nitrogen and oxygen atoms in total. The lowest BCUT2D eigenvalue weighted by molar-refractivity contribution is 0.722. The maximum Gasteiger partial charge on any atom is 0.0523 e. The Morgan fingerprint density at radius 2 is 1.74 bits per heavy atom. The van der Waals surface area contributed by atoms with Crippen LogP contribution in [0.15, 0.2) is 36.4 Å². The number of hydrogen-bond donors (Lipinski definition) is 0. The average Bonchev–Trinajstić information content (AvgIpc) is 2.76. The zero-order chi connectivity index (χ0) is 13.4. The van der Waals surface area contributed by atoms with Crippen molar-refractivity contribution < 1.29 is 0 Å². The normalized spacial score (nSPS) is 11.5. The molecular weight excluding hydrogens is 230 g/mol. The zero-order valence-electron chi connectivity index (χ0n) is 12.0. The van der Waals surface area contributed by atoms with Crippen LogP contribution in [-0.2, 0) is 13.0 Å². The monoisotopic (exact) mass is 251 g/mol. The lowest BCUT2D eigenvalue weighted by Gasteiger charge is -2.10. The molecule has 0 N–H and O–H groups in total. The maximum atomic E-state index is 2.50. The van der Waals surface area contributed by atoms with Crippen molar-refractivity contribution in [2.45, 2.75) is 40.2 Å². The van der Waals surface area contributed by atoms with Crippen LogP contribution >= 0.6 is 0 Å². The molecule has 0 bridgehead atoms. The minimum absolute atomic E-state index is 1.10. The third-order valence-electron chi connectivity index (χ3n) is 4.13. The van der Waals surface area contributed by atoms with Crippen molar-refractivity contribution in [3.63, 3.8) is 0 Å². The predicted octanol–water partition coefficient (Wildman–Crippen LogP) is 5.08. The predicted molar refractivity (Wildman–Crippen MR) is 83.9 cm³/mol. The smallest absolute Gasteiger partial charge is 0.0523 e. The molecule has 0 atom stereocenters. The zero-order valence-corrected chi connectivity index (χ0v) is 12.0. The van der Waals surface area contributed by atoms with Crippen LogP contribution in [0.2, 0.25) is 0 Å². The molecule has 0 amide bonds. The van der Waals surface area contributed by atoms with Crippen LogP contribution in [0.1, 0.15) is 31.4 Å². The Labute approximate surface area is 114 Å². The van der Waals surface area contributed by atoms with Gasteiger partial charge in [0.2, 0.25) is 0 Å². The summed E-state index contributed by atoms with van der Waals surface area (Å²) in [5.74, 6) is 0. The minimum Gasteiger partial charge on any atom is -0.340 e. The van der Waals surface area contributed by atoms with Crippen LogP contribution in [0.5, 0.6) is 0 Å². The largest absolute Gasteiger partial charge is 0.340 e. The van der Waals surface area contributed by atoms with Crippen LogP contribution in [0.3, 0.4) is 0 Å². The van der Waals surface area contributed by atoms with Crippen LogP contribution in [0.4, 0.5) is 0 Å². The Morgan fingerprint density at radius 3 is 2.47 bits per heavy atom. The molecule has 0 aliphatic rings. The lowest BCUT2D eigenvalue weighted by Crippen LogP contribution is -1.99. The van der Waals surface area contributed by atoms with Crippen molar-refractivity contribution >= 4 is 21.8 Å². The molecule has 0 saturated heterocycles. The van der Waals surface area contributed by atoms with Gasteiger partial charge in [-0.05, 0) is 37.0 Å². The fourth-order valence-electron chi connectivity index (χ4n) is 3.20. The highest BCUT2D eigenvalue weighted by Gasteiger charge is 2.13. The molecule has 0 fully saturated rings. The van der Waals surface area contributed by atoms with Gasteiger partial charge in [0.05, 0.1) is 5.52 Å². The van der Waals surface area contributed by atoms with Crippen molar-refractivity contribution in [1.82, 2.24) is 4.57 Å². The molecule has 0 radical (unpaired) electrons. The Kier molecular flexibility index (Phi) is 3.06. The van der Waals surface area contributed by atoms with E-state index in [-0.39, 0.29) is 0 Å². The fraction of sp³-hybridized carbons (Fsp3) is 0.333. The fourth-order valence-corrected chi connectivity index (χ4v) is 3.20. The molecule has 2 aromatic carbocycles. The Bertz CT molecular complexity index is 734. The number of aromatic nitrogens is 1. The highest BCUT2D eigenvalue weighted by atomic mass is 15.0. The van der Waals surface area contributed by atoms with E-state index in [0.717, 1.165) is 13.0 Å². The Morgan fingerprint density at radius 1 is 0.947 bits per heavy atom. The van der Waals surface area contributed by atoms with Gasteiger partial charge < -0.3 is 4.57 Å². The highest BCUT2D eigenvalue weighted by Crippen LogP contribution is 2.32. The number of nitrogens with zero attached hydrogens (tertiary/aromatic N) is 1. The second-order valence-electron chi connectivity index (χ2n) is 5.27. The number of benzene rings is 2. The molecule has 1 aromatic heterocycles. The topological polar surface area (TPSA) is 4.93 Å². The van der Waals surface area contributed by atoms with Crippen LogP contribution in [-0.4, -0.2) is 4.57 Å². The summed E-state index contributed by atoms with van der Waals surface area (Å²) in [5, 5.41) is 2.79. The van der Waals surface area contributed by atoms with Crippen molar-refractivity contribution in [3.8, 4) is 0 Å². The van der Waals surface area contributed by atoms with E-state index in [9.17, 15) is 0 Å². The maximum absolute atomic E-state index is 2.50. The van der Waals surface area contributed by atoms with E-state index in [1.54, 1.807) is 0 Å². The van der Waals surface area contributed by atoms with Gasteiger partial charge in [-0.15, -0.1) is 0 Å². The highest BCUT2D eigenvalue weighted by molar-refractivity contribution is 6.09. The first-order chi connectivity index (χ1) is 9.27.